The fraction of sp³-hybridized carbons (Fsp3) is 0.227. The molecule has 10 heteroatoms. The molecule has 10 nitrogen and oxygen atoms in total. The average molecular weight is 731 g/mol. The molecule has 0 amide bonds. The summed E-state index contributed by atoms with van der Waals surface area (Å²) in [7, 11) is 0. The number of benzene rings is 5. The Balaban J connectivity index is 1.22. The third-order valence-electron chi connectivity index (χ3n) is 8.66. The van der Waals surface area contributed by atoms with E-state index in [1.165, 1.54) is 48.5 Å². The molecule has 5 rings (SSSR count). The summed E-state index contributed by atoms with van der Waals surface area (Å²) in [4.78, 5) is 49.5. The second kappa shape index (κ2) is 18.9. The standard InChI is InChI=1S/C44H42O10/c1-4-6-29-49-40(45)31-13-21-36(22-14-31)51-42(47)53-38-25-17-34(18-26-38)44(3,33-11-9-8-10-12-33)35-19-27-39(28-20-35)54-43(48)52-37-23-15-32(16-24-37)41(46)50-30-7-5-2/h8-28H,4-7,29-30H2,1-3H3. The molecule has 0 spiro atoms. The number of carbonyl (C=O) groups is 4. The molecule has 5 aromatic carbocycles. The average Bonchev–Trinajstić information content (AvgIpc) is 3.19. The summed E-state index contributed by atoms with van der Waals surface area (Å²) >= 11 is 0. The second-order valence-electron chi connectivity index (χ2n) is 12.5. The summed E-state index contributed by atoms with van der Waals surface area (Å²) < 4.78 is 31.9. The van der Waals surface area contributed by atoms with E-state index in [4.69, 9.17) is 28.4 Å². The summed E-state index contributed by atoms with van der Waals surface area (Å²) in [5, 5.41) is 0. The van der Waals surface area contributed by atoms with E-state index in [0.717, 1.165) is 42.4 Å². The zero-order chi connectivity index (χ0) is 38.3. The van der Waals surface area contributed by atoms with Crippen LogP contribution in [0.2, 0.25) is 0 Å². The number of rotatable bonds is 15. The molecule has 0 aliphatic heterocycles. The Kier molecular flexibility index (Phi) is 13.6. The quantitative estimate of drug-likeness (QED) is 0.0445. The SMILES string of the molecule is CCCCOC(=O)c1ccc(OC(=O)Oc2ccc(C(C)(c3ccccc3)c3ccc(OC(=O)Oc4ccc(C(=O)OCCCC)cc4)cc3)cc2)cc1. The van der Waals surface area contributed by atoms with Gasteiger partial charge < -0.3 is 28.4 Å². The minimum atomic E-state index is -0.930. The molecule has 0 N–H and O–H groups in total. The van der Waals surface area contributed by atoms with E-state index in [1.54, 1.807) is 24.3 Å². The van der Waals surface area contributed by atoms with Crippen LogP contribution in [0.5, 0.6) is 23.0 Å². The molecule has 0 aliphatic rings. The summed E-state index contributed by atoms with van der Waals surface area (Å²) in [6.07, 6.45) is 1.55. The van der Waals surface area contributed by atoms with Crippen molar-refractivity contribution < 1.29 is 47.6 Å². The molecule has 0 radical (unpaired) electrons. The maximum atomic E-state index is 12.6. The van der Waals surface area contributed by atoms with Crippen molar-refractivity contribution in [2.24, 2.45) is 0 Å². The van der Waals surface area contributed by atoms with Crippen LogP contribution in [0.25, 0.3) is 0 Å². The lowest BCUT2D eigenvalue weighted by atomic mass is 9.71. The maximum absolute atomic E-state index is 12.6. The van der Waals surface area contributed by atoms with E-state index in [-0.39, 0.29) is 23.0 Å². The van der Waals surface area contributed by atoms with Crippen molar-refractivity contribution in [2.75, 3.05) is 13.2 Å². The van der Waals surface area contributed by atoms with E-state index >= 15 is 0 Å². The Morgan fingerprint density at radius 3 is 1.09 bits per heavy atom. The van der Waals surface area contributed by atoms with Crippen LogP contribution in [0.15, 0.2) is 127 Å². The smallest absolute Gasteiger partial charge is 0.462 e. The Labute approximate surface area is 314 Å². The number of ether oxygens (including phenoxy) is 6. The van der Waals surface area contributed by atoms with Gasteiger partial charge in [-0.3, -0.25) is 0 Å². The molecule has 0 unspecified atom stereocenters. The van der Waals surface area contributed by atoms with E-state index in [1.807, 2.05) is 68.4 Å². The number of unbranched alkanes of at least 4 members (excludes halogenated alkanes) is 2. The largest absolute Gasteiger partial charge is 0.519 e. The fourth-order valence-corrected chi connectivity index (χ4v) is 5.51. The van der Waals surface area contributed by atoms with Crippen molar-refractivity contribution in [3.63, 3.8) is 0 Å². The first-order chi connectivity index (χ1) is 26.2. The molecule has 0 bridgehead atoms. The number of esters is 2. The number of carbonyl (C=O) groups excluding carboxylic acids is 4. The first-order valence-corrected chi connectivity index (χ1v) is 17.8. The van der Waals surface area contributed by atoms with E-state index in [9.17, 15) is 19.2 Å². The van der Waals surface area contributed by atoms with Gasteiger partial charge in [0.1, 0.15) is 23.0 Å². The lowest BCUT2D eigenvalue weighted by Gasteiger charge is -2.32. The minimum Gasteiger partial charge on any atom is -0.462 e. The van der Waals surface area contributed by atoms with Gasteiger partial charge in [0, 0.05) is 5.41 Å². The van der Waals surface area contributed by atoms with Gasteiger partial charge in [-0.05, 0) is 109 Å². The van der Waals surface area contributed by atoms with Crippen LogP contribution in [-0.2, 0) is 14.9 Å². The van der Waals surface area contributed by atoms with Crippen molar-refractivity contribution in [1.82, 2.24) is 0 Å². The van der Waals surface area contributed by atoms with Gasteiger partial charge in [-0.2, -0.15) is 0 Å². The van der Waals surface area contributed by atoms with Crippen molar-refractivity contribution >= 4 is 24.2 Å². The lowest BCUT2D eigenvalue weighted by Crippen LogP contribution is -2.25. The van der Waals surface area contributed by atoms with Gasteiger partial charge in [0.05, 0.1) is 24.3 Å². The van der Waals surface area contributed by atoms with Crippen molar-refractivity contribution in [3.8, 4) is 23.0 Å². The molecule has 0 atom stereocenters. The van der Waals surface area contributed by atoms with Crippen LogP contribution in [0.4, 0.5) is 9.59 Å². The highest BCUT2D eigenvalue weighted by molar-refractivity contribution is 5.90. The van der Waals surface area contributed by atoms with Gasteiger partial charge in [0.25, 0.3) is 0 Å². The van der Waals surface area contributed by atoms with Crippen LogP contribution in [0.1, 0.15) is 83.9 Å². The maximum Gasteiger partial charge on any atom is 0.519 e. The van der Waals surface area contributed by atoms with Gasteiger partial charge in [0.2, 0.25) is 0 Å². The molecule has 0 heterocycles. The van der Waals surface area contributed by atoms with Crippen LogP contribution < -0.4 is 18.9 Å². The predicted octanol–water partition coefficient (Wildman–Crippen LogP) is 10.1. The Morgan fingerprint density at radius 2 is 0.759 bits per heavy atom. The first-order valence-electron chi connectivity index (χ1n) is 17.8. The molecule has 0 saturated heterocycles. The lowest BCUT2D eigenvalue weighted by molar-refractivity contribution is 0.0490. The van der Waals surface area contributed by atoms with E-state index in [0.29, 0.717) is 24.3 Å². The zero-order valence-corrected chi connectivity index (χ0v) is 30.4. The highest BCUT2D eigenvalue weighted by atomic mass is 16.7. The highest BCUT2D eigenvalue weighted by Crippen LogP contribution is 2.40. The summed E-state index contributed by atoms with van der Waals surface area (Å²) in [5.41, 5.74) is 2.87. The molecular formula is C44H42O10. The van der Waals surface area contributed by atoms with Crippen LogP contribution >= 0.6 is 0 Å². The van der Waals surface area contributed by atoms with E-state index in [2.05, 4.69) is 6.92 Å². The Hall–Kier alpha value is -6.42. The van der Waals surface area contributed by atoms with E-state index < -0.39 is 29.7 Å². The fourth-order valence-electron chi connectivity index (χ4n) is 5.51. The molecule has 54 heavy (non-hydrogen) atoms. The van der Waals surface area contributed by atoms with Gasteiger partial charge in [-0.1, -0.05) is 81.3 Å². The second-order valence-corrected chi connectivity index (χ2v) is 12.5. The summed E-state index contributed by atoms with van der Waals surface area (Å²) in [6, 6.07) is 36.2. The Morgan fingerprint density at radius 1 is 0.444 bits per heavy atom. The van der Waals surface area contributed by atoms with Crippen molar-refractivity contribution in [3.05, 3.63) is 155 Å². The van der Waals surface area contributed by atoms with Crippen LogP contribution in [0.3, 0.4) is 0 Å². The monoisotopic (exact) mass is 730 g/mol. The number of hydrogen-bond donors (Lipinski definition) is 0. The first kappa shape index (κ1) is 38.8. The third kappa shape index (κ3) is 10.3. The van der Waals surface area contributed by atoms with Crippen LogP contribution in [0, 0.1) is 0 Å². The summed E-state index contributed by atoms with van der Waals surface area (Å²) in [5.74, 6) is 0.113. The van der Waals surface area contributed by atoms with Crippen LogP contribution in [-0.4, -0.2) is 37.5 Å². The van der Waals surface area contributed by atoms with Gasteiger partial charge >= 0.3 is 24.2 Å². The molecule has 0 aliphatic carbocycles. The number of hydrogen-bond acceptors (Lipinski definition) is 10. The highest BCUT2D eigenvalue weighted by Gasteiger charge is 2.31. The van der Waals surface area contributed by atoms with Gasteiger partial charge in [-0.25, -0.2) is 19.2 Å². The molecule has 0 aromatic heterocycles. The topological polar surface area (TPSA) is 124 Å². The van der Waals surface area contributed by atoms with Gasteiger partial charge in [-0.15, -0.1) is 0 Å². The molecule has 278 valence electrons. The van der Waals surface area contributed by atoms with Gasteiger partial charge in [0.15, 0.2) is 0 Å². The zero-order valence-electron chi connectivity index (χ0n) is 30.4. The summed E-state index contributed by atoms with van der Waals surface area (Å²) in [6.45, 7) is 6.79. The predicted molar refractivity (Wildman–Crippen MR) is 201 cm³/mol. The normalized spacial score (nSPS) is 10.9. The molecule has 0 saturated carbocycles. The third-order valence-corrected chi connectivity index (χ3v) is 8.66. The molecular weight excluding hydrogens is 688 g/mol. The minimum absolute atomic E-state index is 0.217. The molecule has 5 aromatic rings. The van der Waals surface area contributed by atoms with Crippen molar-refractivity contribution in [2.45, 2.75) is 51.9 Å². The Bertz CT molecular complexity index is 1860. The van der Waals surface area contributed by atoms with Crippen molar-refractivity contribution in [1.29, 1.82) is 0 Å². The molecule has 0 fully saturated rings.